The van der Waals surface area contributed by atoms with Crippen molar-refractivity contribution >= 4 is 11.6 Å². The number of nitro benzene ring substituents is 1. The van der Waals surface area contributed by atoms with E-state index in [1.807, 2.05) is 18.2 Å². The third-order valence-electron chi connectivity index (χ3n) is 5.03. The molecule has 0 unspecified atom stereocenters. The van der Waals surface area contributed by atoms with E-state index in [0.29, 0.717) is 17.7 Å². The van der Waals surface area contributed by atoms with Crippen molar-refractivity contribution in [2.45, 2.75) is 31.6 Å². The number of nitrogens with zero attached hydrogens (tertiary/aromatic N) is 1. The first-order valence-corrected chi connectivity index (χ1v) is 8.11. The average molecular weight is 324 g/mol. The highest BCUT2D eigenvalue weighted by Gasteiger charge is 2.38. The van der Waals surface area contributed by atoms with E-state index in [1.54, 1.807) is 19.1 Å². The molecular weight excluding hydrogens is 304 g/mol. The molecule has 0 spiro atoms. The number of carbonyl (C=O) groups excluding carboxylic acids is 1. The molecule has 0 heterocycles. The van der Waals surface area contributed by atoms with Crippen LogP contribution in [0.15, 0.2) is 48.5 Å². The molecule has 2 aromatic carbocycles. The Hall–Kier alpha value is -2.69. The Morgan fingerprint density at radius 2 is 1.88 bits per heavy atom. The fourth-order valence-electron chi connectivity index (χ4n) is 3.37. The molecule has 1 amide bonds. The Labute approximate surface area is 140 Å². The summed E-state index contributed by atoms with van der Waals surface area (Å²) in [6, 6.07) is 14.8. The molecule has 0 aliphatic heterocycles. The van der Waals surface area contributed by atoms with E-state index in [9.17, 15) is 14.9 Å². The number of carbonyl (C=O) groups is 1. The third-order valence-corrected chi connectivity index (χ3v) is 5.03. The van der Waals surface area contributed by atoms with Gasteiger partial charge in [0.25, 0.3) is 11.6 Å². The number of nitrogens with one attached hydrogen (secondary N) is 1. The molecule has 0 atom stereocenters. The summed E-state index contributed by atoms with van der Waals surface area (Å²) in [7, 11) is 0. The second-order valence-electron chi connectivity index (χ2n) is 6.39. The summed E-state index contributed by atoms with van der Waals surface area (Å²) < 4.78 is 0. The minimum Gasteiger partial charge on any atom is -0.351 e. The fourth-order valence-corrected chi connectivity index (χ4v) is 3.37. The maximum absolute atomic E-state index is 12.5. The van der Waals surface area contributed by atoms with Crippen LogP contribution in [0.5, 0.6) is 0 Å². The van der Waals surface area contributed by atoms with Crippen LogP contribution in [0.25, 0.3) is 0 Å². The Morgan fingerprint density at radius 1 is 1.17 bits per heavy atom. The molecule has 1 fully saturated rings. The van der Waals surface area contributed by atoms with E-state index in [-0.39, 0.29) is 17.0 Å². The van der Waals surface area contributed by atoms with E-state index in [0.717, 1.165) is 19.3 Å². The summed E-state index contributed by atoms with van der Waals surface area (Å²) in [5, 5.41) is 14.0. The van der Waals surface area contributed by atoms with Crippen molar-refractivity contribution in [2.75, 3.05) is 6.54 Å². The lowest BCUT2D eigenvalue weighted by molar-refractivity contribution is -0.385. The summed E-state index contributed by atoms with van der Waals surface area (Å²) in [6.07, 6.45) is 3.25. The van der Waals surface area contributed by atoms with Gasteiger partial charge < -0.3 is 5.32 Å². The smallest absolute Gasteiger partial charge is 0.273 e. The predicted molar refractivity (Wildman–Crippen MR) is 92.1 cm³/mol. The van der Waals surface area contributed by atoms with Crippen molar-refractivity contribution < 1.29 is 9.72 Å². The van der Waals surface area contributed by atoms with Crippen LogP contribution in [0.3, 0.4) is 0 Å². The number of hydrogen-bond acceptors (Lipinski definition) is 3. The molecule has 5 heteroatoms. The van der Waals surface area contributed by atoms with Gasteiger partial charge in [-0.3, -0.25) is 14.9 Å². The maximum Gasteiger partial charge on any atom is 0.273 e. The lowest BCUT2D eigenvalue weighted by Crippen LogP contribution is -2.45. The van der Waals surface area contributed by atoms with Crippen LogP contribution < -0.4 is 5.32 Å². The van der Waals surface area contributed by atoms with Gasteiger partial charge in [-0.2, -0.15) is 0 Å². The zero-order valence-electron chi connectivity index (χ0n) is 13.6. The van der Waals surface area contributed by atoms with Gasteiger partial charge in [0.2, 0.25) is 0 Å². The van der Waals surface area contributed by atoms with Gasteiger partial charge in [0, 0.05) is 29.2 Å². The SMILES string of the molecule is Cc1c(C(=O)NCC2(c3ccccc3)CCC2)cccc1[N+](=O)[O-]. The zero-order valence-corrected chi connectivity index (χ0v) is 13.6. The summed E-state index contributed by atoms with van der Waals surface area (Å²) in [5.74, 6) is -0.251. The second-order valence-corrected chi connectivity index (χ2v) is 6.39. The quantitative estimate of drug-likeness (QED) is 0.672. The number of hydrogen-bond donors (Lipinski definition) is 1. The largest absolute Gasteiger partial charge is 0.351 e. The second kappa shape index (κ2) is 6.43. The summed E-state index contributed by atoms with van der Waals surface area (Å²) in [6.45, 7) is 2.17. The standard InChI is InChI=1S/C19H20N2O3/c1-14-16(9-5-10-17(14)21(23)24)18(22)20-13-19(11-6-12-19)15-7-3-2-4-8-15/h2-5,7-10H,6,11-13H2,1H3,(H,20,22). The van der Waals surface area contributed by atoms with E-state index in [2.05, 4.69) is 17.4 Å². The van der Waals surface area contributed by atoms with Gasteiger partial charge in [0.05, 0.1) is 4.92 Å². The maximum atomic E-state index is 12.5. The highest BCUT2D eigenvalue weighted by atomic mass is 16.6. The van der Waals surface area contributed by atoms with Crippen molar-refractivity contribution in [3.8, 4) is 0 Å². The van der Waals surface area contributed by atoms with Crippen molar-refractivity contribution in [3.05, 3.63) is 75.3 Å². The van der Waals surface area contributed by atoms with Crippen molar-refractivity contribution in [3.63, 3.8) is 0 Å². The summed E-state index contributed by atoms with van der Waals surface area (Å²) in [4.78, 5) is 23.1. The minimum atomic E-state index is -0.455. The van der Waals surface area contributed by atoms with Crippen molar-refractivity contribution in [1.82, 2.24) is 5.32 Å². The molecular formula is C19H20N2O3. The van der Waals surface area contributed by atoms with E-state index in [4.69, 9.17) is 0 Å². The molecule has 0 radical (unpaired) electrons. The van der Waals surface area contributed by atoms with Gasteiger partial charge >= 0.3 is 0 Å². The van der Waals surface area contributed by atoms with Crippen LogP contribution in [0, 0.1) is 17.0 Å². The van der Waals surface area contributed by atoms with Gasteiger partial charge in [-0.15, -0.1) is 0 Å². The van der Waals surface area contributed by atoms with Crippen molar-refractivity contribution in [2.24, 2.45) is 0 Å². The van der Waals surface area contributed by atoms with E-state index < -0.39 is 4.92 Å². The van der Waals surface area contributed by atoms with Gasteiger partial charge in [0.15, 0.2) is 0 Å². The predicted octanol–water partition coefficient (Wildman–Crippen LogP) is 3.75. The first kappa shape index (κ1) is 16.2. The fraction of sp³-hybridized carbons (Fsp3) is 0.316. The van der Waals surface area contributed by atoms with Gasteiger partial charge in [-0.1, -0.05) is 42.8 Å². The lowest BCUT2D eigenvalue weighted by atomic mass is 9.64. The Kier molecular flexibility index (Phi) is 4.34. The highest BCUT2D eigenvalue weighted by Crippen LogP contribution is 2.43. The molecule has 1 aliphatic carbocycles. The molecule has 0 saturated heterocycles. The normalized spacial score (nSPS) is 15.4. The first-order chi connectivity index (χ1) is 11.5. The summed E-state index contributed by atoms with van der Waals surface area (Å²) >= 11 is 0. The lowest BCUT2D eigenvalue weighted by Gasteiger charge is -2.42. The zero-order chi connectivity index (χ0) is 17.2. The van der Waals surface area contributed by atoms with Crippen LogP contribution in [-0.4, -0.2) is 17.4 Å². The van der Waals surface area contributed by atoms with Gasteiger partial charge in [-0.05, 0) is 31.4 Å². The highest BCUT2D eigenvalue weighted by molar-refractivity contribution is 5.96. The molecule has 0 aromatic heterocycles. The monoisotopic (exact) mass is 324 g/mol. The van der Waals surface area contributed by atoms with E-state index >= 15 is 0 Å². The first-order valence-electron chi connectivity index (χ1n) is 8.11. The molecule has 24 heavy (non-hydrogen) atoms. The average Bonchev–Trinajstić information content (AvgIpc) is 2.54. The molecule has 5 nitrogen and oxygen atoms in total. The van der Waals surface area contributed by atoms with Gasteiger partial charge in [0.1, 0.15) is 0 Å². The Bertz CT molecular complexity index is 767. The number of rotatable bonds is 5. The number of amides is 1. The van der Waals surface area contributed by atoms with Crippen LogP contribution in [0.4, 0.5) is 5.69 Å². The minimum absolute atomic E-state index is 0.00839. The molecule has 1 N–H and O–H groups in total. The summed E-state index contributed by atoms with van der Waals surface area (Å²) in [5.41, 5.74) is 1.98. The third kappa shape index (κ3) is 2.89. The molecule has 0 bridgehead atoms. The molecule has 3 rings (SSSR count). The molecule has 1 saturated carbocycles. The topological polar surface area (TPSA) is 72.2 Å². The Balaban J connectivity index is 1.76. The Morgan fingerprint density at radius 3 is 2.46 bits per heavy atom. The number of nitro groups is 1. The molecule has 2 aromatic rings. The van der Waals surface area contributed by atoms with Crippen LogP contribution in [0.2, 0.25) is 0 Å². The van der Waals surface area contributed by atoms with Crippen LogP contribution in [-0.2, 0) is 5.41 Å². The van der Waals surface area contributed by atoms with Crippen LogP contribution in [0.1, 0.15) is 40.7 Å². The molecule has 124 valence electrons. The molecule has 1 aliphatic rings. The van der Waals surface area contributed by atoms with Crippen LogP contribution >= 0.6 is 0 Å². The number of benzene rings is 2. The van der Waals surface area contributed by atoms with E-state index in [1.165, 1.54) is 11.6 Å². The van der Waals surface area contributed by atoms with Crippen molar-refractivity contribution in [1.29, 1.82) is 0 Å². The van der Waals surface area contributed by atoms with Gasteiger partial charge in [-0.25, -0.2) is 0 Å².